The van der Waals surface area contributed by atoms with E-state index >= 15 is 0 Å². The van der Waals surface area contributed by atoms with Crippen molar-refractivity contribution in [2.75, 3.05) is 49.9 Å². The van der Waals surface area contributed by atoms with Gasteiger partial charge in [0.05, 0.1) is 29.6 Å². The number of nitriles is 1. The van der Waals surface area contributed by atoms with Gasteiger partial charge in [0.1, 0.15) is 11.6 Å². The van der Waals surface area contributed by atoms with Crippen LogP contribution in [0.1, 0.15) is 18.9 Å². The number of hydrogen-bond acceptors (Lipinski definition) is 14. The number of para-hydroxylation sites is 1. The van der Waals surface area contributed by atoms with Crippen LogP contribution in [-0.2, 0) is 14.3 Å². The lowest BCUT2D eigenvalue weighted by Crippen LogP contribution is -2.22. The molecule has 3 heterocycles. The van der Waals surface area contributed by atoms with Gasteiger partial charge in [-0.25, -0.2) is 14.5 Å². The highest BCUT2D eigenvalue weighted by Crippen LogP contribution is 2.34. The van der Waals surface area contributed by atoms with Gasteiger partial charge in [0.15, 0.2) is 17.3 Å². The van der Waals surface area contributed by atoms with Gasteiger partial charge in [-0.15, -0.1) is 15.3 Å². The number of hydrogen-bond donors (Lipinski definition) is 3. The number of carbonyl (C=O) groups is 1. The summed E-state index contributed by atoms with van der Waals surface area (Å²) >= 11 is 1.45. The molecule has 1 aromatic carbocycles. The van der Waals surface area contributed by atoms with E-state index < -0.39 is 5.97 Å². The lowest BCUT2D eigenvalue weighted by Gasteiger charge is -2.17. The summed E-state index contributed by atoms with van der Waals surface area (Å²) in [5.41, 5.74) is 1.39. The number of anilines is 3. The molecule has 0 amide bonds. The average molecular weight is 576 g/mol. The van der Waals surface area contributed by atoms with E-state index in [9.17, 15) is 10.1 Å². The minimum atomic E-state index is -0.475. The van der Waals surface area contributed by atoms with Gasteiger partial charge in [0.25, 0.3) is 0 Å². The van der Waals surface area contributed by atoms with Crippen LogP contribution < -0.4 is 16.0 Å². The van der Waals surface area contributed by atoms with Gasteiger partial charge in [-0.2, -0.15) is 15.2 Å². The Labute approximate surface area is 240 Å². The standard InChI is InChI=1S/C26H29N11O3S/c1-5-20(38)40-12-8-11-29-25-32-23(28-3)21(24(33-25)30-16(2)15-39-4)34-35-22-17(13-27)14-37(36-22)26-31-18-9-6-7-10-19(18)41-26/h5-7,9-10,14,16H,1,8,11-12,15H2,2-4H3,(H3,28,29,30,32,33). The third-order valence-electron chi connectivity index (χ3n) is 5.47. The maximum atomic E-state index is 11.2. The average Bonchev–Trinajstić information content (AvgIpc) is 3.60. The van der Waals surface area contributed by atoms with Gasteiger partial charge in [0, 0.05) is 32.8 Å². The number of methoxy groups -OCH3 is 1. The summed E-state index contributed by atoms with van der Waals surface area (Å²) in [6.45, 7) is 6.40. The largest absolute Gasteiger partial charge is 0.462 e. The van der Waals surface area contributed by atoms with Crippen molar-refractivity contribution >= 4 is 56.6 Å². The Kier molecular flexibility index (Phi) is 9.86. The summed E-state index contributed by atoms with van der Waals surface area (Å²) in [6, 6.07) is 9.74. The molecule has 212 valence electrons. The van der Waals surface area contributed by atoms with E-state index in [-0.39, 0.29) is 24.0 Å². The second kappa shape index (κ2) is 13.9. The minimum absolute atomic E-state index is 0.118. The summed E-state index contributed by atoms with van der Waals surface area (Å²) in [5.74, 6) is 0.758. The van der Waals surface area contributed by atoms with E-state index in [4.69, 9.17) is 9.47 Å². The molecule has 0 saturated carbocycles. The monoisotopic (exact) mass is 575 g/mol. The van der Waals surface area contributed by atoms with Crippen molar-refractivity contribution < 1.29 is 14.3 Å². The Balaban J connectivity index is 1.61. The quantitative estimate of drug-likeness (QED) is 0.0830. The topological polar surface area (TPSA) is 177 Å². The van der Waals surface area contributed by atoms with Crippen molar-refractivity contribution in [1.82, 2.24) is 24.7 Å². The molecule has 0 radical (unpaired) electrons. The Morgan fingerprint density at radius 3 is 2.80 bits per heavy atom. The Hall–Kier alpha value is -4.94. The highest BCUT2D eigenvalue weighted by Gasteiger charge is 2.18. The molecule has 0 aliphatic carbocycles. The number of benzene rings is 1. The lowest BCUT2D eigenvalue weighted by atomic mass is 10.3. The third-order valence-corrected chi connectivity index (χ3v) is 6.50. The first-order valence-electron chi connectivity index (χ1n) is 12.6. The maximum absolute atomic E-state index is 11.2. The van der Waals surface area contributed by atoms with Crippen LogP contribution in [0.4, 0.5) is 29.1 Å². The van der Waals surface area contributed by atoms with Crippen LogP contribution in [0.5, 0.6) is 0 Å². The first kappa shape index (κ1) is 29.1. The molecule has 0 bridgehead atoms. The molecule has 41 heavy (non-hydrogen) atoms. The smallest absolute Gasteiger partial charge is 0.330 e. The molecule has 0 aliphatic heterocycles. The fourth-order valence-electron chi connectivity index (χ4n) is 3.60. The first-order valence-corrected chi connectivity index (χ1v) is 13.4. The number of azo groups is 1. The van der Waals surface area contributed by atoms with E-state index in [1.807, 2.05) is 31.2 Å². The summed E-state index contributed by atoms with van der Waals surface area (Å²) in [4.78, 5) is 24.9. The number of esters is 1. The summed E-state index contributed by atoms with van der Waals surface area (Å²) in [6.07, 6.45) is 3.23. The SMILES string of the molecule is C=CC(=O)OCCCNc1nc(NC)c(N=Nc2nn(-c3nc4ccccc4s3)cc2C#N)c(NC(C)COC)n1. The van der Waals surface area contributed by atoms with Crippen molar-refractivity contribution in [3.8, 4) is 11.2 Å². The van der Waals surface area contributed by atoms with Crippen LogP contribution >= 0.6 is 11.3 Å². The molecule has 4 aromatic rings. The summed E-state index contributed by atoms with van der Waals surface area (Å²) in [5, 5.41) is 32.9. The number of fused-ring (bicyclic) bond motifs is 1. The second-order valence-corrected chi connectivity index (χ2v) is 9.59. The molecule has 0 spiro atoms. The van der Waals surface area contributed by atoms with E-state index in [0.29, 0.717) is 48.0 Å². The summed E-state index contributed by atoms with van der Waals surface area (Å²) in [7, 11) is 3.31. The molecule has 14 nitrogen and oxygen atoms in total. The van der Waals surface area contributed by atoms with Crippen LogP contribution in [-0.4, -0.2) is 70.7 Å². The highest BCUT2D eigenvalue weighted by molar-refractivity contribution is 7.20. The third kappa shape index (κ3) is 7.38. The molecule has 0 aliphatic rings. The Morgan fingerprint density at radius 2 is 2.07 bits per heavy atom. The number of ether oxygens (including phenoxy) is 2. The number of nitrogens with zero attached hydrogens (tertiary/aromatic N) is 8. The number of rotatable bonds is 14. The molecule has 3 N–H and O–H groups in total. The Morgan fingerprint density at radius 1 is 1.27 bits per heavy atom. The fourth-order valence-corrected chi connectivity index (χ4v) is 4.50. The van der Waals surface area contributed by atoms with Gasteiger partial charge >= 0.3 is 5.97 Å². The molecule has 1 atom stereocenters. The molecule has 15 heteroatoms. The predicted octanol–water partition coefficient (Wildman–Crippen LogP) is 4.58. The molecule has 3 aromatic heterocycles. The lowest BCUT2D eigenvalue weighted by molar-refractivity contribution is -0.137. The van der Waals surface area contributed by atoms with Crippen molar-refractivity contribution in [3.63, 3.8) is 0 Å². The highest BCUT2D eigenvalue weighted by atomic mass is 32.1. The molecule has 0 saturated heterocycles. The molecule has 0 fully saturated rings. The molecule has 1 unspecified atom stereocenters. The van der Waals surface area contributed by atoms with Crippen molar-refractivity contribution in [2.45, 2.75) is 19.4 Å². The first-order chi connectivity index (χ1) is 19.9. The number of thiazole rings is 1. The van der Waals surface area contributed by atoms with E-state index in [1.54, 1.807) is 20.4 Å². The number of aromatic nitrogens is 5. The minimum Gasteiger partial charge on any atom is -0.462 e. The van der Waals surface area contributed by atoms with Crippen molar-refractivity contribution in [3.05, 3.63) is 48.7 Å². The normalized spacial score (nSPS) is 11.8. The molecule has 4 rings (SSSR count). The van der Waals surface area contributed by atoms with Gasteiger partial charge in [0.2, 0.25) is 16.9 Å². The number of nitrogens with one attached hydrogen (secondary N) is 3. The van der Waals surface area contributed by atoms with Crippen LogP contribution in [0.2, 0.25) is 0 Å². The zero-order valence-electron chi connectivity index (χ0n) is 22.8. The molecular formula is C26H29N11O3S. The summed E-state index contributed by atoms with van der Waals surface area (Å²) < 4.78 is 12.8. The van der Waals surface area contributed by atoms with Crippen LogP contribution in [0.15, 0.2) is 53.3 Å². The van der Waals surface area contributed by atoms with Crippen LogP contribution in [0.25, 0.3) is 15.3 Å². The molecular weight excluding hydrogens is 546 g/mol. The van der Waals surface area contributed by atoms with Gasteiger partial charge in [-0.1, -0.05) is 30.0 Å². The van der Waals surface area contributed by atoms with E-state index in [0.717, 1.165) is 16.3 Å². The van der Waals surface area contributed by atoms with E-state index in [1.165, 1.54) is 16.0 Å². The second-order valence-electron chi connectivity index (χ2n) is 8.58. The zero-order chi connectivity index (χ0) is 29.2. The zero-order valence-corrected chi connectivity index (χ0v) is 23.6. The Bertz CT molecular complexity index is 1560. The van der Waals surface area contributed by atoms with Crippen LogP contribution in [0, 0.1) is 11.3 Å². The maximum Gasteiger partial charge on any atom is 0.330 e. The van der Waals surface area contributed by atoms with Gasteiger partial charge in [-0.05, 0) is 25.5 Å². The predicted molar refractivity (Wildman–Crippen MR) is 156 cm³/mol. The van der Waals surface area contributed by atoms with E-state index in [2.05, 4.69) is 58.9 Å². The fraction of sp³-hybridized carbons (Fsp3) is 0.308. The van der Waals surface area contributed by atoms with Gasteiger partial charge in [-0.3, -0.25) is 0 Å². The number of carbonyl (C=O) groups excluding carboxylic acids is 1. The van der Waals surface area contributed by atoms with Crippen molar-refractivity contribution in [2.24, 2.45) is 10.2 Å². The van der Waals surface area contributed by atoms with Gasteiger partial charge < -0.3 is 25.4 Å². The van der Waals surface area contributed by atoms with Crippen LogP contribution in [0.3, 0.4) is 0 Å². The van der Waals surface area contributed by atoms with Crippen molar-refractivity contribution in [1.29, 1.82) is 5.26 Å².